The minimum absolute atomic E-state index is 0.0288. The second kappa shape index (κ2) is 19.4. The van der Waals surface area contributed by atoms with Crippen molar-refractivity contribution in [2.24, 2.45) is 0 Å². The van der Waals surface area contributed by atoms with Crippen LogP contribution in [-0.2, 0) is 28.4 Å². The average Bonchev–Trinajstić information content (AvgIpc) is 3.00. The van der Waals surface area contributed by atoms with Crippen LogP contribution in [0.25, 0.3) is 0 Å². The molecule has 3 aromatic rings. The zero-order chi connectivity index (χ0) is 29.7. The van der Waals surface area contributed by atoms with E-state index in [0.717, 1.165) is 0 Å². The number of carbonyl (C=O) groups excluding carboxylic acids is 3. The molecule has 0 aromatic heterocycles. The van der Waals surface area contributed by atoms with Gasteiger partial charge < -0.3 is 42.6 Å². The summed E-state index contributed by atoms with van der Waals surface area (Å²) in [5, 5.41) is 0. The lowest BCUT2D eigenvalue weighted by Gasteiger charge is -2.18. The molecule has 0 fully saturated rings. The Morgan fingerprint density at radius 1 is 0.452 bits per heavy atom. The van der Waals surface area contributed by atoms with Crippen LogP contribution in [0.3, 0.4) is 0 Å². The Hall–Kier alpha value is -4.65. The zero-order valence-electron chi connectivity index (χ0n) is 22.8. The molecule has 3 rings (SSSR count). The standard InChI is InChI=1S/C30H32O12/c31-28(40-24-10-4-1-5-11-24)37-18-16-34-22-27(36-20-21-39-30(33)42-26-14-8-3-9-15-26)23-35-17-19-38-29(32)41-25-12-6-2-7-13-25/h1-15,27H,16-23H2. The number of benzene rings is 3. The quantitative estimate of drug-likeness (QED) is 0.0909. The third-order valence-corrected chi connectivity index (χ3v) is 4.99. The van der Waals surface area contributed by atoms with Gasteiger partial charge in [-0.15, -0.1) is 0 Å². The van der Waals surface area contributed by atoms with E-state index in [0.29, 0.717) is 17.2 Å². The average molecular weight is 585 g/mol. The van der Waals surface area contributed by atoms with E-state index < -0.39 is 24.6 Å². The second-order valence-electron chi connectivity index (χ2n) is 8.18. The summed E-state index contributed by atoms with van der Waals surface area (Å²) in [6, 6.07) is 25.5. The normalized spacial score (nSPS) is 10.5. The summed E-state index contributed by atoms with van der Waals surface area (Å²) in [5.41, 5.74) is 0. The van der Waals surface area contributed by atoms with Crippen LogP contribution in [0.2, 0.25) is 0 Å². The van der Waals surface area contributed by atoms with Gasteiger partial charge in [-0.05, 0) is 36.4 Å². The molecule has 0 unspecified atom stereocenters. The van der Waals surface area contributed by atoms with Crippen LogP contribution in [0.5, 0.6) is 17.2 Å². The number of hydrogen-bond acceptors (Lipinski definition) is 12. The van der Waals surface area contributed by atoms with Gasteiger partial charge >= 0.3 is 18.5 Å². The molecule has 0 atom stereocenters. The molecule has 0 aliphatic heterocycles. The van der Waals surface area contributed by atoms with E-state index in [-0.39, 0.29) is 52.9 Å². The summed E-state index contributed by atoms with van der Waals surface area (Å²) in [6.45, 7) is 0.128. The molecule has 0 radical (unpaired) electrons. The summed E-state index contributed by atoms with van der Waals surface area (Å²) in [5.74, 6) is 1.08. The molecule has 224 valence electrons. The lowest BCUT2D eigenvalue weighted by Crippen LogP contribution is -2.29. The number of para-hydroxylation sites is 3. The molecule has 0 aliphatic carbocycles. The first-order chi connectivity index (χ1) is 20.6. The lowest BCUT2D eigenvalue weighted by molar-refractivity contribution is -0.0770. The van der Waals surface area contributed by atoms with Gasteiger partial charge in [-0.3, -0.25) is 0 Å². The van der Waals surface area contributed by atoms with Gasteiger partial charge in [-0.1, -0.05) is 54.6 Å². The molecular formula is C30H32O12. The fourth-order valence-corrected chi connectivity index (χ4v) is 3.12. The van der Waals surface area contributed by atoms with Gasteiger partial charge in [0.15, 0.2) is 0 Å². The molecular weight excluding hydrogens is 552 g/mol. The van der Waals surface area contributed by atoms with Gasteiger partial charge in [0.05, 0.1) is 33.0 Å². The van der Waals surface area contributed by atoms with Crippen LogP contribution in [0.15, 0.2) is 91.0 Å². The van der Waals surface area contributed by atoms with Gasteiger partial charge in [-0.25, -0.2) is 14.4 Å². The fraction of sp³-hybridized carbons (Fsp3) is 0.300. The van der Waals surface area contributed by atoms with Crippen molar-refractivity contribution >= 4 is 18.5 Å². The number of ether oxygens (including phenoxy) is 9. The second-order valence-corrected chi connectivity index (χ2v) is 8.18. The smallest absolute Gasteiger partial charge is 0.432 e. The van der Waals surface area contributed by atoms with E-state index in [1.807, 2.05) is 0 Å². The first-order valence-corrected chi connectivity index (χ1v) is 13.0. The van der Waals surface area contributed by atoms with Gasteiger partial charge in [-0.2, -0.15) is 0 Å². The summed E-state index contributed by atoms with van der Waals surface area (Å²) in [6.07, 6.45) is -3.16. The first-order valence-electron chi connectivity index (χ1n) is 13.0. The topological polar surface area (TPSA) is 134 Å². The molecule has 0 saturated carbocycles. The van der Waals surface area contributed by atoms with Crippen molar-refractivity contribution in [3.63, 3.8) is 0 Å². The van der Waals surface area contributed by atoms with Crippen LogP contribution >= 0.6 is 0 Å². The fourth-order valence-electron chi connectivity index (χ4n) is 3.12. The molecule has 42 heavy (non-hydrogen) atoms. The maximum Gasteiger partial charge on any atom is 0.513 e. The Kier molecular flexibility index (Phi) is 14.7. The maximum atomic E-state index is 11.8. The molecule has 0 aliphatic rings. The highest BCUT2D eigenvalue weighted by Gasteiger charge is 2.13. The van der Waals surface area contributed by atoms with Crippen LogP contribution in [-0.4, -0.2) is 77.4 Å². The molecule has 0 amide bonds. The van der Waals surface area contributed by atoms with Crippen LogP contribution in [0, 0.1) is 0 Å². The van der Waals surface area contributed by atoms with Crippen LogP contribution in [0.4, 0.5) is 14.4 Å². The van der Waals surface area contributed by atoms with Gasteiger partial charge in [0.25, 0.3) is 0 Å². The van der Waals surface area contributed by atoms with Crippen molar-refractivity contribution in [2.75, 3.05) is 52.9 Å². The molecule has 0 N–H and O–H groups in total. The molecule has 0 bridgehead atoms. The van der Waals surface area contributed by atoms with E-state index in [9.17, 15) is 14.4 Å². The maximum absolute atomic E-state index is 11.8. The summed E-state index contributed by atoms with van der Waals surface area (Å²) in [4.78, 5) is 35.4. The molecule has 0 spiro atoms. The highest BCUT2D eigenvalue weighted by atomic mass is 16.7. The summed E-state index contributed by atoms with van der Waals surface area (Å²) >= 11 is 0. The summed E-state index contributed by atoms with van der Waals surface area (Å²) in [7, 11) is 0. The zero-order valence-corrected chi connectivity index (χ0v) is 22.8. The van der Waals surface area contributed by atoms with E-state index in [4.69, 9.17) is 42.6 Å². The van der Waals surface area contributed by atoms with Crippen LogP contribution < -0.4 is 14.2 Å². The van der Waals surface area contributed by atoms with E-state index in [1.165, 1.54) is 0 Å². The van der Waals surface area contributed by atoms with E-state index in [1.54, 1.807) is 91.0 Å². The van der Waals surface area contributed by atoms with Crippen molar-refractivity contribution < 1.29 is 57.0 Å². The van der Waals surface area contributed by atoms with Crippen LogP contribution in [0.1, 0.15) is 0 Å². The number of carbonyl (C=O) groups is 3. The highest BCUT2D eigenvalue weighted by Crippen LogP contribution is 2.11. The molecule has 12 heteroatoms. The number of hydrogen-bond donors (Lipinski definition) is 0. The Morgan fingerprint density at radius 2 is 0.786 bits per heavy atom. The monoisotopic (exact) mass is 584 g/mol. The third-order valence-electron chi connectivity index (χ3n) is 4.99. The Morgan fingerprint density at radius 3 is 1.14 bits per heavy atom. The van der Waals surface area contributed by atoms with Crippen molar-refractivity contribution in [1.82, 2.24) is 0 Å². The largest absolute Gasteiger partial charge is 0.513 e. The summed E-state index contributed by atoms with van der Waals surface area (Å²) < 4.78 is 46.9. The predicted molar refractivity (Wildman–Crippen MR) is 147 cm³/mol. The Labute approximate surface area is 242 Å². The predicted octanol–water partition coefficient (Wildman–Crippen LogP) is 5.05. The van der Waals surface area contributed by atoms with Gasteiger partial charge in [0.2, 0.25) is 0 Å². The third kappa shape index (κ3) is 14.1. The number of rotatable bonds is 17. The van der Waals surface area contributed by atoms with Gasteiger partial charge in [0, 0.05) is 0 Å². The molecule has 0 saturated heterocycles. The molecule has 3 aromatic carbocycles. The Balaban J connectivity index is 1.32. The van der Waals surface area contributed by atoms with Gasteiger partial charge in [0.1, 0.15) is 43.2 Å². The lowest BCUT2D eigenvalue weighted by atomic mass is 10.3. The van der Waals surface area contributed by atoms with Crippen molar-refractivity contribution in [3.05, 3.63) is 91.0 Å². The van der Waals surface area contributed by atoms with E-state index >= 15 is 0 Å². The Bertz CT molecular complexity index is 1110. The SMILES string of the molecule is O=C(OCCOCC(COCCOC(=O)Oc1ccccc1)OCCOC(=O)Oc1ccccc1)Oc1ccccc1. The highest BCUT2D eigenvalue weighted by molar-refractivity contribution is 5.64. The van der Waals surface area contributed by atoms with Crippen molar-refractivity contribution in [3.8, 4) is 17.2 Å². The van der Waals surface area contributed by atoms with Crippen molar-refractivity contribution in [2.45, 2.75) is 6.10 Å². The molecule has 12 nitrogen and oxygen atoms in total. The van der Waals surface area contributed by atoms with Crippen molar-refractivity contribution in [1.29, 1.82) is 0 Å². The minimum Gasteiger partial charge on any atom is -0.432 e. The molecule has 0 heterocycles. The minimum atomic E-state index is -0.868. The first kappa shape index (κ1) is 31.9. The van der Waals surface area contributed by atoms with E-state index in [2.05, 4.69) is 0 Å².